The SMILES string of the molecule is O=C(OC12CCCCC1OC(O)(C(F)(F)F)C2(F)F)C1CC2CC1C1CCCCC21. The third-order valence-corrected chi connectivity index (χ3v) is 8.70. The molecule has 0 amide bonds. The van der Waals surface area contributed by atoms with E-state index < -0.39 is 47.9 Å². The lowest BCUT2D eigenvalue weighted by Gasteiger charge is -2.43. The van der Waals surface area contributed by atoms with Crippen LogP contribution in [0.15, 0.2) is 0 Å². The molecule has 0 aromatic heterocycles. The van der Waals surface area contributed by atoms with Crippen LogP contribution in [0.3, 0.4) is 0 Å². The Morgan fingerprint density at radius 3 is 2.33 bits per heavy atom. The Kier molecular flexibility index (Phi) is 4.55. The molecule has 1 heterocycles. The van der Waals surface area contributed by atoms with Gasteiger partial charge in [0.15, 0.2) is 0 Å². The summed E-state index contributed by atoms with van der Waals surface area (Å²) in [5, 5.41) is 9.90. The van der Waals surface area contributed by atoms with Crippen molar-refractivity contribution >= 4 is 5.97 Å². The summed E-state index contributed by atoms with van der Waals surface area (Å²) in [6.07, 6.45) is -1.61. The minimum Gasteiger partial charge on any atom is -0.449 e. The molecule has 0 radical (unpaired) electrons. The molecule has 9 heteroatoms. The van der Waals surface area contributed by atoms with Crippen molar-refractivity contribution in [1.29, 1.82) is 0 Å². The second-order valence-corrected chi connectivity index (χ2v) is 9.99. The van der Waals surface area contributed by atoms with Crippen molar-refractivity contribution in [3.63, 3.8) is 0 Å². The van der Waals surface area contributed by atoms with E-state index >= 15 is 8.78 Å². The van der Waals surface area contributed by atoms with Crippen LogP contribution in [0.4, 0.5) is 22.0 Å². The number of alkyl halides is 5. The standard InChI is InChI=1S/C21H27F5O4/c22-19(23)18(8-4-3-7-16(18)29-20(19,28)21(24,25)26)30-17(27)15-10-11-9-14(15)13-6-2-1-5-12(11)13/h11-16,28H,1-10H2. The number of fused-ring (bicyclic) bond motifs is 6. The highest BCUT2D eigenvalue weighted by molar-refractivity contribution is 5.74. The van der Waals surface area contributed by atoms with Crippen LogP contribution in [-0.4, -0.2) is 40.7 Å². The van der Waals surface area contributed by atoms with Crippen molar-refractivity contribution in [2.75, 3.05) is 0 Å². The lowest BCUT2D eigenvalue weighted by molar-refractivity contribution is -0.412. The molecule has 0 spiro atoms. The molecule has 0 aromatic rings. The van der Waals surface area contributed by atoms with E-state index in [4.69, 9.17) is 4.74 Å². The van der Waals surface area contributed by atoms with E-state index in [9.17, 15) is 23.1 Å². The highest BCUT2D eigenvalue weighted by Gasteiger charge is 2.87. The zero-order chi connectivity index (χ0) is 21.5. The third-order valence-electron chi connectivity index (χ3n) is 8.70. The molecule has 8 atom stereocenters. The molecule has 4 saturated carbocycles. The molecule has 8 unspecified atom stereocenters. The number of hydrogen-bond donors (Lipinski definition) is 1. The van der Waals surface area contributed by atoms with Gasteiger partial charge in [0.2, 0.25) is 5.60 Å². The first-order valence-corrected chi connectivity index (χ1v) is 11.1. The second kappa shape index (κ2) is 6.53. The molecule has 1 aliphatic heterocycles. The lowest BCUT2D eigenvalue weighted by atomic mass is 9.67. The first-order chi connectivity index (χ1) is 14.0. The van der Waals surface area contributed by atoms with Crippen molar-refractivity contribution in [2.45, 2.75) is 93.8 Å². The van der Waals surface area contributed by atoms with Gasteiger partial charge in [0, 0.05) is 0 Å². The van der Waals surface area contributed by atoms with Gasteiger partial charge in [0.1, 0.15) is 6.10 Å². The van der Waals surface area contributed by atoms with E-state index in [0.29, 0.717) is 30.6 Å². The average molecular weight is 438 g/mol. The molecule has 1 N–H and O–H groups in total. The maximum Gasteiger partial charge on any atom is 0.449 e. The summed E-state index contributed by atoms with van der Waals surface area (Å²) in [5.41, 5.74) is -2.78. The fourth-order valence-electron chi connectivity index (χ4n) is 7.38. The van der Waals surface area contributed by atoms with Crippen molar-refractivity contribution < 1.29 is 41.3 Å². The maximum absolute atomic E-state index is 15.2. The minimum absolute atomic E-state index is 0.0590. The largest absolute Gasteiger partial charge is 0.449 e. The molecule has 2 bridgehead atoms. The van der Waals surface area contributed by atoms with Gasteiger partial charge in [0.05, 0.1) is 5.92 Å². The summed E-state index contributed by atoms with van der Waals surface area (Å²) in [6.45, 7) is 0. The normalized spacial score (nSPS) is 49.5. The van der Waals surface area contributed by atoms with Gasteiger partial charge in [-0.05, 0) is 68.6 Å². The Balaban J connectivity index is 1.42. The number of halogens is 5. The average Bonchev–Trinajstić information content (AvgIpc) is 3.32. The van der Waals surface area contributed by atoms with Gasteiger partial charge in [-0.15, -0.1) is 0 Å². The Bertz CT molecular complexity index is 727. The Morgan fingerprint density at radius 1 is 0.967 bits per heavy atom. The zero-order valence-electron chi connectivity index (χ0n) is 16.6. The number of carbonyl (C=O) groups is 1. The van der Waals surface area contributed by atoms with Crippen LogP contribution in [0.25, 0.3) is 0 Å². The summed E-state index contributed by atoms with van der Waals surface area (Å²) in [5.74, 6) is -9.46. The molecule has 4 nitrogen and oxygen atoms in total. The Morgan fingerprint density at radius 2 is 1.63 bits per heavy atom. The first kappa shape index (κ1) is 20.9. The first-order valence-electron chi connectivity index (χ1n) is 11.1. The van der Waals surface area contributed by atoms with Crippen LogP contribution < -0.4 is 0 Å². The topological polar surface area (TPSA) is 55.8 Å². The summed E-state index contributed by atoms with van der Waals surface area (Å²) in [4.78, 5) is 13.1. The van der Waals surface area contributed by atoms with E-state index in [2.05, 4.69) is 4.74 Å². The quantitative estimate of drug-likeness (QED) is 0.506. The summed E-state index contributed by atoms with van der Waals surface area (Å²) in [7, 11) is 0. The molecule has 5 fully saturated rings. The third kappa shape index (κ3) is 2.54. The summed E-state index contributed by atoms with van der Waals surface area (Å²) in [6, 6.07) is 0. The fourth-order valence-corrected chi connectivity index (χ4v) is 7.38. The van der Waals surface area contributed by atoms with Crippen molar-refractivity contribution in [2.24, 2.45) is 29.6 Å². The van der Waals surface area contributed by atoms with Crippen LogP contribution >= 0.6 is 0 Å². The molecule has 4 aliphatic carbocycles. The minimum atomic E-state index is -5.71. The van der Waals surface area contributed by atoms with Gasteiger partial charge in [-0.25, -0.2) is 0 Å². The fraction of sp³-hybridized carbons (Fsp3) is 0.952. The Hall–Kier alpha value is -0.960. The monoisotopic (exact) mass is 438 g/mol. The van der Waals surface area contributed by atoms with Crippen molar-refractivity contribution in [3.8, 4) is 0 Å². The number of rotatable bonds is 2. The van der Waals surface area contributed by atoms with Gasteiger partial charge in [-0.2, -0.15) is 22.0 Å². The van der Waals surface area contributed by atoms with Gasteiger partial charge >= 0.3 is 23.9 Å². The predicted molar refractivity (Wildman–Crippen MR) is 93.3 cm³/mol. The van der Waals surface area contributed by atoms with Crippen molar-refractivity contribution in [1.82, 2.24) is 0 Å². The molecule has 5 rings (SSSR count). The van der Waals surface area contributed by atoms with Crippen LogP contribution in [0.2, 0.25) is 0 Å². The molecule has 1 saturated heterocycles. The number of carbonyl (C=O) groups excluding carboxylic acids is 1. The summed E-state index contributed by atoms with van der Waals surface area (Å²) >= 11 is 0. The molecule has 30 heavy (non-hydrogen) atoms. The van der Waals surface area contributed by atoms with Crippen LogP contribution in [0.1, 0.15) is 64.2 Å². The predicted octanol–water partition coefficient (Wildman–Crippen LogP) is 4.59. The molecular formula is C21H27F5O4. The second-order valence-electron chi connectivity index (χ2n) is 9.99. The smallest absolute Gasteiger partial charge is 0.449 e. The van der Waals surface area contributed by atoms with E-state index in [0.717, 1.165) is 25.7 Å². The zero-order valence-corrected chi connectivity index (χ0v) is 16.6. The van der Waals surface area contributed by atoms with Gasteiger partial charge < -0.3 is 14.6 Å². The molecular weight excluding hydrogens is 411 g/mol. The number of esters is 1. The number of aliphatic hydroxyl groups is 1. The van der Waals surface area contributed by atoms with Gasteiger partial charge in [-0.1, -0.05) is 19.3 Å². The van der Waals surface area contributed by atoms with Gasteiger partial charge in [-0.3, -0.25) is 4.79 Å². The lowest BCUT2D eigenvalue weighted by Crippen LogP contribution is -2.65. The highest BCUT2D eigenvalue weighted by atomic mass is 19.4. The molecule has 0 aromatic carbocycles. The number of hydrogen-bond acceptors (Lipinski definition) is 4. The van der Waals surface area contributed by atoms with E-state index in [-0.39, 0.29) is 18.8 Å². The number of ether oxygens (including phenoxy) is 2. The van der Waals surface area contributed by atoms with E-state index in [1.165, 1.54) is 6.42 Å². The Labute approximate surface area is 171 Å². The molecule has 5 aliphatic rings. The van der Waals surface area contributed by atoms with E-state index in [1.807, 2.05) is 0 Å². The maximum atomic E-state index is 15.2. The highest BCUT2D eigenvalue weighted by Crippen LogP contribution is 2.63. The van der Waals surface area contributed by atoms with Crippen molar-refractivity contribution in [3.05, 3.63) is 0 Å². The summed E-state index contributed by atoms with van der Waals surface area (Å²) < 4.78 is 80.5. The van der Waals surface area contributed by atoms with Crippen LogP contribution in [-0.2, 0) is 14.3 Å². The van der Waals surface area contributed by atoms with Crippen LogP contribution in [0.5, 0.6) is 0 Å². The molecule has 170 valence electrons. The van der Waals surface area contributed by atoms with E-state index in [1.54, 1.807) is 0 Å². The van der Waals surface area contributed by atoms with Gasteiger partial charge in [0.25, 0.3) is 0 Å². The van der Waals surface area contributed by atoms with Crippen LogP contribution in [0, 0.1) is 29.6 Å².